The molecule has 0 aliphatic carbocycles. The monoisotopic (exact) mass is 323 g/mol. The number of carbonyl (C=O) groups is 1. The maximum atomic E-state index is 11.0. The molecule has 0 bridgehead atoms. The summed E-state index contributed by atoms with van der Waals surface area (Å²) in [5.74, 6) is -1.04. The molecule has 2 heterocycles. The molecular formula is C13H14BrN3O2. The lowest BCUT2D eigenvalue weighted by Gasteiger charge is -2.12. The third-order valence-electron chi connectivity index (χ3n) is 3.72. The number of hydrogen-bond acceptors (Lipinski definition) is 3. The van der Waals surface area contributed by atoms with Gasteiger partial charge in [0.05, 0.1) is 11.4 Å². The number of aryl methyl sites for hydroxylation is 1. The van der Waals surface area contributed by atoms with Crippen molar-refractivity contribution in [1.29, 1.82) is 0 Å². The van der Waals surface area contributed by atoms with Crippen LogP contribution >= 0.6 is 15.9 Å². The maximum Gasteiger partial charge on any atom is 0.307 e. The van der Waals surface area contributed by atoms with Crippen molar-refractivity contribution in [3.8, 4) is 0 Å². The first-order chi connectivity index (χ1) is 9.08. The lowest BCUT2D eigenvalue weighted by Crippen LogP contribution is -2.17. The largest absolute Gasteiger partial charge is 0.481 e. The Bertz CT molecular complexity index is 653. The van der Waals surface area contributed by atoms with Gasteiger partial charge in [-0.1, -0.05) is 12.1 Å². The van der Waals surface area contributed by atoms with Crippen molar-refractivity contribution in [2.24, 2.45) is 13.0 Å². The summed E-state index contributed by atoms with van der Waals surface area (Å²) in [7, 11) is 1.90. The lowest BCUT2D eigenvalue weighted by molar-refractivity contribution is -0.141. The molecule has 1 aliphatic rings. The van der Waals surface area contributed by atoms with Crippen LogP contribution < -0.4 is 5.32 Å². The fraction of sp³-hybridized carbons (Fsp3) is 0.385. The SMILES string of the molecule is Cn1nc(Br)c2c(C3CC(C(=O)O)CN3)cccc21. The minimum Gasteiger partial charge on any atom is -0.481 e. The number of benzene rings is 1. The van der Waals surface area contributed by atoms with Crippen LogP contribution in [-0.4, -0.2) is 27.4 Å². The van der Waals surface area contributed by atoms with Crippen molar-refractivity contribution in [3.05, 3.63) is 28.4 Å². The van der Waals surface area contributed by atoms with Gasteiger partial charge in [0.25, 0.3) is 0 Å². The highest BCUT2D eigenvalue weighted by atomic mass is 79.9. The molecular weight excluding hydrogens is 310 g/mol. The van der Waals surface area contributed by atoms with Crippen molar-refractivity contribution >= 4 is 32.8 Å². The minimum absolute atomic E-state index is 0.0744. The second kappa shape index (κ2) is 4.61. The Kier molecular flexibility index (Phi) is 3.06. The second-order valence-electron chi connectivity index (χ2n) is 4.89. The van der Waals surface area contributed by atoms with Gasteiger partial charge in [-0.3, -0.25) is 9.48 Å². The van der Waals surface area contributed by atoms with E-state index in [4.69, 9.17) is 5.11 Å². The summed E-state index contributed by atoms with van der Waals surface area (Å²) in [5.41, 5.74) is 2.16. The van der Waals surface area contributed by atoms with Gasteiger partial charge < -0.3 is 10.4 Å². The molecule has 5 nitrogen and oxygen atoms in total. The number of hydrogen-bond donors (Lipinski definition) is 2. The molecule has 19 heavy (non-hydrogen) atoms. The molecule has 6 heteroatoms. The van der Waals surface area contributed by atoms with E-state index in [2.05, 4.69) is 26.3 Å². The number of nitrogens with zero attached hydrogens (tertiary/aromatic N) is 2. The summed E-state index contributed by atoms with van der Waals surface area (Å²) in [6.07, 6.45) is 0.621. The Hall–Kier alpha value is -1.40. The molecule has 2 unspecified atom stereocenters. The zero-order valence-corrected chi connectivity index (χ0v) is 12.0. The normalized spacial score (nSPS) is 23.1. The van der Waals surface area contributed by atoms with E-state index in [0.29, 0.717) is 13.0 Å². The second-order valence-corrected chi connectivity index (χ2v) is 5.64. The van der Waals surface area contributed by atoms with E-state index in [9.17, 15) is 4.79 Å². The van der Waals surface area contributed by atoms with Crippen LogP contribution in [0, 0.1) is 5.92 Å². The molecule has 1 aromatic heterocycles. The zero-order chi connectivity index (χ0) is 13.6. The Labute approximate surface area is 118 Å². The molecule has 0 spiro atoms. The van der Waals surface area contributed by atoms with Crippen LogP contribution in [0.2, 0.25) is 0 Å². The molecule has 2 atom stereocenters. The van der Waals surface area contributed by atoms with E-state index in [1.807, 2.05) is 29.9 Å². The van der Waals surface area contributed by atoms with Crippen molar-refractivity contribution in [2.45, 2.75) is 12.5 Å². The topological polar surface area (TPSA) is 67.2 Å². The van der Waals surface area contributed by atoms with Crippen LogP contribution in [0.5, 0.6) is 0 Å². The first-order valence-corrected chi connectivity index (χ1v) is 6.94. The fourth-order valence-corrected chi connectivity index (χ4v) is 3.41. The standard InChI is InChI=1S/C13H14BrN3O2/c1-17-10-4-2-3-8(11(10)12(14)16-17)9-5-7(6-15-9)13(18)19/h2-4,7,9,15H,5-6H2,1H3,(H,18,19). The lowest BCUT2D eigenvalue weighted by atomic mass is 9.98. The third kappa shape index (κ3) is 2.04. The summed E-state index contributed by atoms with van der Waals surface area (Å²) >= 11 is 3.48. The van der Waals surface area contributed by atoms with Crippen molar-refractivity contribution in [3.63, 3.8) is 0 Å². The molecule has 2 N–H and O–H groups in total. The van der Waals surface area contributed by atoms with Crippen LogP contribution in [-0.2, 0) is 11.8 Å². The number of fused-ring (bicyclic) bond motifs is 1. The molecule has 0 amide bonds. The van der Waals surface area contributed by atoms with Gasteiger partial charge >= 0.3 is 5.97 Å². The average Bonchev–Trinajstić information content (AvgIpc) is 2.96. The van der Waals surface area contributed by atoms with Crippen molar-refractivity contribution < 1.29 is 9.90 Å². The van der Waals surface area contributed by atoms with E-state index in [1.165, 1.54) is 0 Å². The van der Waals surface area contributed by atoms with Gasteiger partial charge in [-0.05, 0) is 34.0 Å². The molecule has 0 saturated carbocycles. The first-order valence-electron chi connectivity index (χ1n) is 6.15. The van der Waals surface area contributed by atoms with E-state index in [0.717, 1.165) is 21.1 Å². The van der Waals surface area contributed by atoms with E-state index in [-0.39, 0.29) is 12.0 Å². The van der Waals surface area contributed by atoms with Gasteiger partial charge in [0.2, 0.25) is 0 Å². The smallest absolute Gasteiger partial charge is 0.307 e. The van der Waals surface area contributed by atoms with Gasteiger partial charge in [0.1, 0.15) is 4.60 Å². The van der Waals surface area contributed by atoms with Gasteiger partial charge in [-0.25, -0.2) is 0 Å². The van der Waals surface area contributed by atoms with E-state index >= 15 is 0 Å². The average molecular weight is 324 g/mol. The number of carboxylic acids is 1. The Morgan fingerprint density at radius 2 is 2.37 bits per heavy atom. The first kappa shape index (κ1) is 12.6. The number of rotatable bonds is 2. The summed E-state index contributed by atoms with van der Waals surface area (Å²) < 4.78 is 2.63. The van der Waals surface area contributed by atoms with Gasteiger partial charge in [0.15, 0.2) is 0 Å². The number of aliphatic carboxylic acids is 1. The van der Waals surface area contributed by atoms with Crippen molar-refractivity contribution in [1.82, 2.24) is 15.1 Å². The zero-order valence-electron chi connectivity index (χ0n) is 10.4. The van der Waals surface area contributed by atoms with Crippen LogP contribution in [0.3, 0.4) is 0 Å². The minimum atomic E-state index is -0.729. The van der Waals surface area contributed by atoms with Gasteiger partial charge in [-0.15, -0.1) is 0 Å². The molecule has 100 valence electrons. The fourth-order valence-electron chi connectivity index (χ4n) is 2.74. The molecule has 3 rings (SSSR count). The van der Waals surface area contributed by atoms with Gasteiger partial charge in [0, 0.05) is 25.0 Å². The molecule has 1 aliphatic heterocycles. The van der Waals surface area contributed by atoms with Crippen LogP contribution in [0.1, 0.15) is 18.0 Å². The predicted molar refractivity (Wildman–Crippen MR) is 74.9 cm³/mol. The highest BCUT2D eigenvalue weighted by molar-refractivity contribution is 9.10. The molecule has 1 saturated heterocycles. The highest BCUT2D eigenvalue weighted by Crippen LogP contribution is 2.35. The quantitative estimate of drug-likeness (QED) is 0.887. The van der Waals surface area contributed by atoms with Crippen LogP contribution in [0.4, 0.5) is 0 Å². The maximum absolute atomic E-state index is 11.0. The van der Waals surface area contributed by atoms with E-state index < -0.39 is 5.97 Å². The van der Waals surface area contributed by atoms with Crippen molar-refractivity contribution in [2.75, 3.05) is 6.54 Å². The summed E-state index contributed by atoms with van der Waals surface area (Å²) in [4.78, 5) is 11.0. The van der Waals surface area contributed by atoms with Crippen LogP contribution in [0.15, 0.2) is 22.8 Å². The van der Waals surface area contributed by atoms with E-state index in [1.54, 1.807) is 0 Å². The summed E-state index contributed by atoms with van der Waals surface area (Å²) in [5, 5.41) is 17.8. The number of aromatic nitrogens is 2. The Morgan fingerprint density at radius 3 is 3.05 bits per heavy atom. The Morgan fingerprint density at radius 1 is 1.58 bits per heavy atom. The van der Waals surface area contributed by atoms with Crippen LogP contribution in [0.25, 0.3) is 10.9 Å². The molecule has 1 fully saturated rings. The summed E-state index contributed by atoms with van der Waals surface area (Å²) in [6.45, 7) is 0.522. The van der Waals surface area contributed by atoms with Gasteiger partial charge in [-0.2, -0.15) is 5.10 Å². The number of halogens is 1. The Balaban J connectivity index is 2.04. The third-order valence-corrected chi connectivity index (χ3v) is 4.28. The summed E-state index contributed by atoms with van der Waals surface area (Å²) in [6, 6.07) is 6.11. The number of nitrogens with one attached hydrogen (secondary N) is 1. The molecule has 2 aromatic rings. The molecule has 0 radical (unpaired) electrons. The predicted octanol–water partition coefficient (Wildman–Crippen LogP) is 2.07. The molecule has 1 aromatic carbocycles. The number of carboxylic acid groups (broad SMARTS) is 1. The highest BCUT2D eigenvalue weighted by Gasteiger charge is 2.31.